The Morgan fingerprint density at radius 2 is 1.60 bits per heavy atom. The number of halogens is 3. The Kier molecular flexibility index (Phi) is 7.79. The number of ether oxygens (including phenoxy) is 3. The van der Waals surface area contributed by atoms with Crippen molar-refractivity contribution in [2.24, 2.45) is 23.7 Å². The Labute approximate surface area is 295 Å². The van der Waals surface area contributed by atoms with Crippen LogP contribution in [-0.4, -0.2) is 41.3 Å². The van der Waals surface area contributed by atoms with Gasteiger partial charge in [-0.1, -0.05) is 60.7 Å². The number of alkyl halides is 3. The number of benzene rings is 3. The first kappa shape index (κ1) is 32.6. The number of aliphatic hydroxyl groups is 1. The zero-order valence-corrected chi connectivity index (χ0v) is 27.8. The monoisotopic (exact) mass is 713 g/mol. The second kappa shape index (κ2) is 12.4. The van der Waals surface area contributed by atoms with Crippen LogP contribution < -0.4 is 24.8 Å². The number of carbonyl (C=O) groups is 2. The van der Waals surface area contributed by atoms with Crippen LogP contribution in [0.15, 0.2) is 70.8 Å². The van der Waals surface area contributed by atoms with Crippen LogP contribution in [-0.2, 0) is 30.8 Å². The third-order valence-electron chi connectivity index (χ3n) is 11.1. The fourth-order valence-corrected chi connectivity index (χ4v) is 8.87. The van der Waals surface area contributed by atoms with E-state index in [0.29, 0.717) is 24.4 Å². The third-order valence-corrected chi connectivity index (χ3v) is 11.1. The average Bonchev–Trinajstić information content (AvgIpc) is 3.78. The highest BCUT2D eigenvalue weighted by molar-refractivity contribution is 6.20. The second-order valence-electron chi connectivity index (χ2n) is 14.1. The first-order valence-corrected chi connectivity index (χ1v) is 17.5. The summed E-state index contributed by atoms with van der Waals surface area (Å²) in [5, 5.41) is 22.8. The fourth-order valence-electron chi connectivity index (χ4n) is 8.87. The molecule has 3 aromatic carbocycles. The van der Waals surface area contributed by atoms with E-state index in [1.807, 2.05) is 60.7 Å². The van der Waals surface area contributed by atoms with Gasteiger partial charge in [-0.15, -0.1) is 13.2 Å². The molecule has 5 atom stereocenters. The molecule has 2 fully saturated rings. The number of hydrogen-bond acceptors (Lipinski definition) is 10. The molecule has 0 spiro atoms. The Bertz CT molecular complexity index is 2110. The van der Waals surface area contributed by atoms with E-state index in [2.05, 4.69) is 15.8 Å². The lowest BCUT2D eigenvalue weighted by atomic mass is 9.61. The molecule has 3 N–H and O–H groups in total. The van der Waals surface area contributed by atoms with Crippen LogP contribution in [0.2, 0.25) is 0 Å². The number of allylic oxidation sites excluding steroid dienone is 1. The van der Waals surface area contributed by atoms with Gasteiger partial charge in [0.1, 0.15) is 30.3 Å². The molecule has 4 aromatic rings. The summed E-state index contributed by atoms with van der Waals surface area (Å²) in [5.41, 5.74) is 2.42. The molecular formula is C39H34F3N3O7. The summed E-state index contributed by atoms with van der Waals surface area (Å²) in [6.45, 7) is 1.26. The molecule has 5 unspecified atom stereocenters. The maximum Gasteiger partial charge on any atom is 0.573 e. The number of hydrogen-bond donors (Lipinski definition) is 3. The number of anilines is 1. The normalized spacial score (nSPS) is 24.5. The highest BCUT2D eigenvalue weighted by Crippen LogP contribution is 2.58. The molecule has 5 aliphatic rings. The topological polar surface area (TPSA) is 132 Å². The van der Waals surface area contributed by atoms with Gasteiger partial charge in [0.15, 0.2) is 23.1 Å². The standard InChI is InChI=1S/C39H34F3N3O7/c40-39(41,42)51-36-24-14-22-13-23-15-25-29(38(45-52-25)50-18-20-9-5-2-6-10-20)35(48)27(23)33(46)26(22)34(47)28(24)37(49-17-19-7-3-1-4-8-19)32-30(36)31-21(16-44-32)11-12-43-31/h1-10,21-23,27,31,43-44,47H,11-18H2. The number of Topliss-reactive ketones (excluding diaryl/α,β-unsaturated/α-hetero) is 2. The van der Waals surface area contributed by atoms with Crippen LogP contribution in [0.5, 0.6) is 17.4 Å². The molecule has 0 amide bonds. The van der Waals surface area contributed by atoms with Crippen LogP contribution in [0.3, 0.4) is 0 Å². The number of aromatic nitrogens is 1. The molecule has 2 aliphatic heterocycles. The molecule has 1 saturated carbocycles. The first-order chi connectivity index (χ1) is 25.2. The van der Waals surface area contributed by atoms with Gasteiger partial charge >= 0.3 is 6.36 Å². The quantitative estimate of drug-likeness (QED) is 0.174. The van der Waals surface area contributed by atoms with Gasteiger partial charge in [0, 0.05) is 35.7 Å². The summed E-state index contributed by atoms with van der Waals surface area (Å²) in [6, 6.07) is 18.1. The molecule has 10 nitrogen and oxygen atoms in total. The summed E-state index contributed by atoms with van der Waals surface area (Å²) in [7, 11) is 0. The van der Waals surface area contributed by atoms with Gasteiger partial charge in [0.05, 0.1) is 17.2 Å². The van der Waals surface area contributed by atoms with Gasteiger partial charge in [-0.2, -0.15) is 0 Å². The van der Waals surface area contributed by atoms with Crippen LogP contribution in [0.4, 0.5) is 18.9 Å². The number of rotatable bonds is 7. The SMILES string of the molecule is O=C1C2=C(O)c3c(c(OC(F)(F)F)c4c(c3OCc3ccccc3)NCC3CCNC43)CC2CC2Cc3onc(OCc4ccccc4)c3C(=O)C12. The van der Waals surface area contributed by atoms with E-state index in [1.165, 1.54) is 0 Å². The summed E-state index contributed by atoms with van der Waals surface area (Å²) < 4.78 is 65.5. The van der Waals surface area contributed by atoms with Gasteiger partial charge in [-0.25, -0.2) is 0 Å². The van der Waals surface area contributed by atoms with Crippen molar-refractivity contribution in [1.82, 2.24) is 10.5 Å². The van der Waals surface area contributed by atoms with Crippen LogP contribution in [0.25, 0.3) is 5.76 Å². The second-order valence-corrected chi connectivity index (χ2v) is 14.1. The lowest BCUT2D eigenvalue weighted by Gasteiger charge is -2.42. The highest BCUT2D eigenvalue weighted by atomic mass is 19.4. The van der Waals surface area contributed by atoms with Crippen molar-refractivity contribution in [3.05, 3.63) is 105 Å². The molecule has 3 heterocycles. The molecule has 13 heteroatoms. The van der Waals surface area contributed by atoms with E-state index < -0.39 is 53.2 Å². The molecule has 52 heavy (non-hydrogen) atoms. The van der Waals surface area contributed by atoms with E-state index in [4.69, 9.17) is 18.7 Å². The minimum Gasteiger partial charge on any atom is -0.507 e. The van der Waals surface area contributed by atoms with Crippen molar-refractivity contribution in [3.63, 3.8) is 0 Å². The predicted molar refractivity (Wildman–Crippen MR) is 180 cm³/mol. The zero-order valence-electron chi connectivity index (χ0n) is 27.8. The summed E-state index contributed by atoms with van der Waals surface area (Å²) >= 11 is 0. The Morgan fingerprint density at radius 3 is 2.31 bits per heavy atom. The van der Waals surface area contributed by atoms with E-state index in [1.54, 1.807) is 0 Å². The lowest BCUT2D eigenvalue weighted by Crippen LogP contribution is -2.45. The predicted octanol–water partition coefficient (Wildman–Crippen LogP) is 6.89. The molecule has 0 bridgehead atoms. The molecule has 9 rings (SSSR count). The Morgan fingerprint density at radius 1 is 0.885 bits per heavy atom. The maximum atomic E-state index is 14.5. The fraction of sp³-hybridized carbons (Fsp3) is 0.359. The molecular weight excluding hydrogens is 679 g/mol. The van der Waals surface area contributed by atoms with Gasteiger partial charge < -0.3 is 34.5 Å². The van der Waals surface area contributed by atoms with Gasteiger partial charge in [0.2, 0.25) is 0 Å². The van der Waals surface area contributed by atoms with Crippen molar-refractivity contribution in [3.8, 4) is 17.4 Å². The average molecular weight is 714 g/mol. The van der Waals surface area contributed by atoms with Crippen LogP contribution in [0.1, 0.15) is 62.8 Å². The van der Waals surface area contributed by atoms with E-state index in [9.17, 15) is 27.9 Å². The van der Waals surface area contributed by atoms with Gasteiger partial charge in [-0.05, 0) is 59.8 Å². The number of fused-ring (bicyclic) bond motifs is 7. The van der Waals surface area contributed by atoms with Crippen molar-refractivity contribution in [1.29, 1.82) is 0 Å². The number of aliphatic hydroxyl groups excluding tert-OH is 1. The number of nitrogens with zero attached hydrogens (tertiary/aromatic N) is 1. The largest absolute Gasteiger partial charge is 0.573 e. The number of ketones is 2. The van der Waals surface area contributed by atoms with E-state index in [0.717, 1.165) is 17.5 Å². The smallest absolute Gasteiger partial charge is 0.507 e. The Balaban J connectivity index is 1.15. The highest BCUT2D eigenvalue weighted by Gasteiger charge is 2.54. The number of carbonyl (C=O) groups excluding carboxylic acids is 2. The van der Waals surface area contributed by atoms with Crippen LogP contribution in [0, 0.1) is 23.7 Å². The van der Waals surface area contributed by atoms with Gasteiger partial charge in [-0.3, -0.25) is 9.59 Å². The third kappa shape index (κ3) is 5.40. The first-order valence-electron chi connectivity index (χ1n) is 17.5. The van der Waals surface area contributed by atoms with Crippen molar-refractivity contribution >= 4 is 23.0 Å². The van der Waals surface area contributed by atoms with E-state index in [-0.39, 0.29) is 78.0 Å². The Hall–Kier alpha value is -5.30. The lowest BCUT2D eigenvalue weighted by molar-refractivity contribution is -0.275. The molecule has 3 aliphatic carbocycles. The van der Waals surface area contributed by atoms with E-state index >= 15 is 0 Å². The van der Waals surface area contributed by atoms with Crippen molar-refractivity contribution in [2.75, 3.05) is 18.4 Å². The molecule has 268 valence electrons. The molecule has 1 aromatic heterocycles. The summed E-state index contributed by atoms with van der Waals surface area (Å²) in [6.07, 6.45) is -3.87. The molecule has 0 radical (unpaired) electrons. The van der Waals surface area contributed by atoms with Gasteiger partial charge in [0.25, 0.3) is 5.88 Å². The number of nitrogens with one attached hydrogen (secondary N) is 2. The summed E-state index contributed by atoms with van der Waals surface area (Å²) in [4.78, 5) is 28.6. The molecule has 1 saturated heterocycles. The minimum absolute atomic E-state index is 0.00362. The maximum absolute atomic E-state index is 14.5. The van der Waals surface area contributed by atoms with Crippen LogP contribution >= 0.6 is 0 Å². The zero-order chi connectivity index (χ0) is 35.7. The minimum atomic E-state index is -5.04. The van der Waals surface area contributed by atoms with Crippen molar-refractivity contribution < 1.29 is 46.6 Å². The van der Waals surface area contributed by atoms with Crippen molar-refractivity contribution in [2.45, 2.75) is 51.3 Å². The summed E-state index contributed by atoms with van der Waals surface area (Å²) in [5.74, 6) is -3.91.